The Morgan fingerprint density at radius 3 is 2.59 bits per heavy atom. The van der Waals surface area contributed by atoms with E-state index in [2.05, 4.69) is 58.0 Å². The van der Waals surface area contributed by atoms with Crippen molar-refractivity contribution in [1.29, 1.82) is 0 Å². The number of anilines is 1. The molecule has 0 radical (unpaired) electrons. The molecule has 1 aliphatic rings. The molecular weight excluding hydrogens is 274 g/mol. The van der Waals surface area contributed by atoms with Gasteiger partial charge < -0.3 is 14.7 Å². The van der Waals surface area contributed by atoms with E-state index in [0.717, 1.165) is 11.4 Å². The van der Waals surface area contributed by atoms with Gasteiger partial charge >= 0.3 is 0 Å². The normalized spacial score (nSPS) is 15.2. The van der Waals surface area contributed by atoms with Crippen molar-refractivity contribution in [2.45, 2.75) is 6.04 Å². The molecule has 0 saturated heterocycles. The molecule has 1 aliphatic heterocycles. The zero-order valence-corrected chi connectivity index (χ0v) is 12.3. The van der Waals surface area contributed by atoms with Gasteiger partial charge in [-0.05, 0) is 42.5 Å². The Labute approximate surface area is 129 Å². The first-order valence-electron chi connectivity index (χ1n) is 7.29. The minimum Gasteiger partial charge on any atom is -0.497 e. The van der Waals surface area contributed by atoms with Gasteiger partial charge in [0.25, 0.3) is 0 Å². The van der Waals surface area contributed by atoms with Crippen molar-refractivity contribution in [3.05, 3.63) is 78.1 Å². The van der Waals surface area contributed by atoms with E-state index in [-0.39, 0.29) is 6.04 Å². The number of ether oxygens (including phenoxy) is 1. The Kier molecular flexibility index (Phi) is 3.09. The molecule has 2 heterocycles. The lowest BCUT2D eigenvalue weighted by atomic mass is 10.1. The van der Waals surface area contributed by atoms with Crippen molar-refractivity contribution < 1.29 is 4.74 Å². The highest BCUT2D eigenvalue weighted by Gasteiger charge is 2.27. The zero-order valence-electron chi connectivity index (χ0n) is 12.3. The van der Waals surface area contributed by atoms with Crippen molar-refractivity contribution >= 4 is 5.69 Å². The van der Waals surface area contributed by atoms with Gasteiger partial charge in [0.05, 0.1) is 18.8 Å². The number of aromatic nitrogens is 1. The lowest BCUT2D eigenvalue weighted by molar-refractivity contribution is 0.415. The molecule has 1 unspecified atom stereocenters. The van der Waals surface area contributed by atoms with Gasteiger partial charge in [-0.3, -0.25) is 0 Å². The molecule has 3 aromatic rings. The maximum absolute atomic E-state index is 5.18. The Balaban J connectivity index is 1.58. The van der Waals surface area contributed by atoms with Gasteiger partial charge in [0.2, 0.25) is 0 Å². The van der Waals surface area contributed by atoms with E-state index in [1.807, 2.05) is 24.3 Å². The number of para-hydroxylation sites is 1. The molecule has 22 heavy (non-hydrogen) atoms. The number of nitrogens with one attached hydrogen (secondary N) is 2. The van der Waals surface area contributed by atoms with Gasteiger partial charge in [0, 0.05) is 23.1 Å². The minimum absolute atomic E-state index is 0.133. The first-order valence-corrected chi connectivity index (χ1v) is 7.29. The fraction of sp³-hybridized carbons (Fsp3) is 0.111. The summed E-state index contributed by atoms with van der Waals surface area (Å²) in [6.45, 7) is 0. The molecule has 110 valence electrons. The van der Waals surface area contributed by atoms with Crippen LogP contribution in [0.3, 0.4) is 0 Å². The van der Waals surface area contributed by atoms with Crippen molar-refractivity contribution in [3.63, 3.8) is 0 Å². The third kappa shape index (κ3) is 2.05. The number of benzene rings is 2. The maximum atomic E-state index is 5.18. The maximum Gasteiger partial charge on any atom is 0.119 e. The van der Waals surface area contributed by atoms with Crippen LogP contribution in [-0.4, -0.2) is 11.7 Å². The molecule has 1 aromatic heterocycles. The monoisotopic (exact) mass is 291 g/mol. The Hall–Kier alpha value is -2.72. The highest BCUT2D eigenvalue weighted by molar-refractivity contribution is 5.54. The largest absolute Gasteiger partial charge is 0.497 e. The Morgan fingerprint density at radius 1 is 0.955 bits per heavy atom. The van der Waals surface area contributed by atoms with E-state index in [4.69, 9.17) is 4.74 Å². The summed E-state index contributed by atoms with van der Waals surface area (Å²) in [6.07, 6.45) is 2.10. The fourth-order valence-electron chi connectivity index (χ4n) is 2.94. The third-order valence-electron chi connectivity index (χ3n) is 4.03. The molecule has 2 aromatic carbocycles. The standard InChI is InChI=1S/C18H17N3O/c1-22-14-10-8-13(9-11-14)19-20-18-15-5-2-3-6-16(15)21-12-4-7-17(18)21/h2-12,18-20H,1H3. The van der Waals surface area contributed by atoms with Crippen LogP contribution in [0.25, 0.3) is 5.69 Å². The van der Waals surface area contributed by atoms with Gasteiger partial charge in [0.1, 0.15) is 5.75 Å². The number of rotatable bonds is 4. The molecule has 0 saturated carbocycles. The summed E-state index contributed by atoms with van der Waals surface area (Å²) >= 11 is 0. The van der Waals surface area contributed by atoms with E-state index in [1.54, 1.807) is 7.11 Å². The van der Waals surface area contributed by atoms with Gasteiger partial charge in [0.15, 0.2) is 0 Å². The van der Waals surface area contributed by atoms with E-state index in [9.17, 15) is 0 Å². The summed E-state index contributed by atoms with van der Waals surface area (Å²) < 4.78 is 7.40. The number of nitrogens with zero attached hydrogens (tertiary/aromatic N) is 1. The summed E-state index contributed by atoms with van der Waals surface area (Å²) in [6, 6.07) is 20.7. The second kappa shape index (κ2) is 5.24. The van der Waals surface area contributed by atoms with Crippen LogP contribution in [0.2, 0.25) is 0 Å². The minimum atomic E-state index is 0.133. The second-order valence-corrected chi connectivity index (χ2v) is 5.29. The van der Waals surface area contributed by atoms with Crippen LogP contribution in [0.15, 0.2) is 66.9 Å². The number of methoxy groups -OCH3 is 1. The molecule has 4 nitrogen and oxygen atoms in total. The average molecular weight is 291 g/mol. The van der Waals surface area contributed by atoms with Crippen LogP contribution in [0, 0.1) is 0 Å². The van der Waals surface area contributed by atoms with E-state index < -0.39 is 0 Å². The topological polar surface area (TPSA) is 38.2 Å². The lowest BCUT2D eigenvalue weighted by Crippen LogP contribution is -2.26. The highest BCUT2D eigenvalue weighted by Crippen LogP contribution is 2.36. The van der Waals surface area contributed by atoms with Crippen LogP contribution in [0.4, 0.5) is 5.69 Å². The first-order chi connectivity index (χ1) is 10.9. The molecule has 2 N–H and O–H groups in total. The molecule has 4 rings (SSSR count). The molecule has 0 spiro atoms. The summed E-state index contributed by atoms with van der Waals surface area (Å²) in [7, 11) is 1.67. The Morgan fingerprint density at radius 2 is 1.77 bits per heavy atom. The predicted octanol–water partition coefficient (Wildman–Crippen LogP) is 3.51. The van der Waals surface area contributed by atoms with Crippen LogP contribution >= 0.6 is 0 Å². The number of hydrogen-bond donors (Lipinski definition) is 2. The van der Waals surface area contributed by atoms with E-state index in [1.165, 1.54) is 16.9 Å². The van der Waals surface area contributed by atoms with Gasteiger partial charge in [-0.25, -0.2) is 5.43 Å². The van der Waals surface area contributed by atoms with Crippen LogP contribution < -0.4 is 15.6 Å². The number of hydrazine groups is 1. The molecular formula is C18H17N3O. The summed E-state index contributed by atoms with van der Waals surface area (Å²) in [4.78, 5) is 0. The highest BCUT2D eigenvalue weighted by atomic mass is 16.5. The molecule has 1 atom stereocenters. The second-order valence-electron chi connectivity index (χ2n) is 5.29. The Bertz CT molecular complexity index is 792. The smallest absolute Gasteiger partial charge is 0.119 e. The van der Waals surface area contributed by atoms with Crippen molar-refractivity contribution in [1.82, 2.24) is 9.99 Å². The third-order valence-corrected chi connectivity index (χ3v) is 4.03. The van der Waals surface area contributed by atoms with Crippen molar-refractivity contribution in [3.8, 4) is 11.4 Å². The lowest BCUT2D eigenvalue weighted by Gasteiger charge is -2.16. The van der Waals surface area contributed by atoms with Crippen LogP contribution in [0.5, 0.6) is 5.75 Å². The summed E-state index contributed by atoms with van der Waals surface area (Å²) in [5, 5.41) is 0. The zero-order chi connectivity index (χ0) is 14.9. The fourth-order valence-corrected chi connectivity index (χ4v) is 2.94. The number of fused-ring (bicyclic) bond motifs is 3. The van der Waals surface area contributed by atoms with Crippen LogP contribution in [0.1, 0.15) is 17.3 Å². The predicted molar refractivity (Wildman–Crippen MR) is 87.4 cm³/mol. The van der Waals surface area contributed by atoms with Crippen molar-refractivity contribution in [2.24, 2.45) is 0 Å². The van der Waals surface area contributed by atoms with Crippen LogP contribution in [-0.2, 0) is 0 Å². The van der Waals surface area contributed by atoms with E-state index >= 15 is 0 Å². The SMILES string of the molecule is COc1ccc(NNC2c3ccccc3-n3cccc32)cc1. The first kappa shape index (κ1) is 13.0. The summed E-state index contributed by atoms with van der Waals surface area (Å²) in [5.74, 6) is 0.852. The molecule has 0 fully saturated rings. The van der Waals surface area contributed by atoms with E-state index in [0.29, 0.717) is 0 Å². The van der Waals surface area contributed by atoms with Gasteiger partial charge in [-0.2, -0.15) is 0 Å². The molecule has 0 aliphatic carbocycles. The molecule has 0 amide bonds. The quantitative estimate of drug-likeness (QED) is 0.723. The summed E-state index contributed by atoms with van der Waals surface area (Å²) in [5.41, 5.74) is 11.5. The van der Waals surface area contributed by atoms with Gasteiger partial charge in [-0.1, -0.05) is 18.2 Å². The average Bonchev–Trinajstić information content (AvgIpc) is 3.15. The molecule has 4 heteroatoms. The number of hydrogen-bond acceptors (Lipinski definition) is 3. The molecule has 0 bridgehead atoms. The van der Waals surface area contributed by atoms with Gasteiger partial charge in [-0.15, -0.1) is 0 Å². The van der Waals surface area contributed by atoms with Crippen molar-refractivity contribution in [2.75, 3.05) is 12.5 Å².